The lowest BCUT2D eigenvalue weighted by atomic mass is 9.97. The summed E-state index contributed by atoms with van der Waals surface area (Å²) in [5.74, 6) is 1.77. The van der Waals surface area contributed by atoms with E-state index in [9.17, 15) is 0 Å². The summed E-state index contributed by atoms with van der Waals surface area (Å²) in [6.45, 7) is 8.97. The molecule has 0 amide bonds. The summed E-state index contributed by atoms with van der Waals surface area (Å²) < 4.78 is 5.29. The third-order valence-electron chi connectivity index (χ3n) is 3.63. The van der Waals surface area contributed by atoms with Gasteiger partial charge in [-0.25, -0.2) is 0 Å². The topological polar surface area (TPSA) is 21.3 Å². The van der Waals surface area contributed by atoms with E-state index in [2.05, 4.69) is 44.3 Å². The molecule has 2 heteroatoms. The van der Waals surface area contributed by atoms with E-state index < -0.39 is 0 Å². The van der Waals surface area contributed by atoms with Crippen LogP contribution in [0.4, 0.5) is 0 Å². The molecule has 0 aliphatic rings. The highest BCUT2D eigenvalue weighted by molar-refractivity contribution is 5.36. The molecular formula is C17H29NO. The van der Waals surface area contributed by atoms with Gasteiger partial charge in [0, 0.05) is 0 Å². The minimum Gasteiger partial charge on any atom is -0.496 e. The minimum atomic E-state index is 0.784. The molecule has 0 heterocycles. The Hall–Kier alpha value is -1.02. The predicted molar refractivity (Wildman–Crippen MR) is 83.0 cm³/mol. The largest absolute Gasteiger partial charge is 0.496 e. The summed E-state index contributed by atoms with van der Waals surface area (Å²) in [6.07, 6.45) is 4.92. The standard InChI is InChI=1S/C17H29NO/c1-5-11-18-12-10-14(2)6-7-16-8-9-17(19-4)15(3)13-16/h8-9,13-14,18H,5-7,10-12H2,1-4H3. The van der Waals surface area contributed by atoms with E-state index in [1.807, 2.05) is 0 Å². The molecule has 0 aliphatic heterocycles. The van der Waals surface area contributed by atoms with Crippen LogP contribution in [-0.4, -0.2) is 20.2 Å². The van der Waals surface area contributed by atoms with E-state index in [4.69, 9.17) is 4.74 Å². The molecule has 0 aliphatic carbocycles. The van der Waals surface area contributed by atoms with Gasteiger partial charge in [-0.2, -0.15) is 0 Å². The van der Waals surface area contributed by atoms with Crippen LogP contribution in [0.2, 0.25) is 0 Å². The highest BCUT2D eigenvalue weighted by Gasteiger charge is 2.04. The van der Waals surface area contributed by atoms with E-state index in [1.54, 1.807) is 7.11 Å². The SMILES string of the molecule is CCCNCCC(C)CCc1ccc(OC)c(C)c1. The van der Waals surface area contributed by atoms with Crippen molar-refractivity contribution in [2.75, 3.05) is 20.2 Å². The Labute approximate surface area is 118 Å². The molecule has 0 saturated carbocycles. The van der Waals surface area contributed by atoms with Crippen molar-refractivity contribution in [3.63, 3.8) is 0 Å². The van der Waals surface area contributed by atoms with Gasteiger partial charge in [0.25, 0.3) is 0 Å². The molecule has 2 nitrogen and oxygen atoms in total. The number of benzene rings is 1. The zero-order valence-corrected chi connectivity index (χ0v) is 13.0. The smallest absolute Gasteiger partial charge is 0.121 e. The van der Waals surface area contributed by atoms with Crippen molar-refractivity contribution in [1.29, 1.82) is 0 Å². The second-order valence-corrected chi connectivity index (χ2v) is 5.49. The van der Waals surface area contributed by atoms with Crippen LogP contribution in [0, 0.1) is 12.8 Å². The van der Waals surface area contributed by atoms with Gasteiger partial charge in [-0.05, 0) is 68.8 Å². The molecule has 1 N–H and O–H groups in total. The molecule has 0 radical (unpaired) electrons. The van der Waals surface area contributed by atoms with Gasteiger partial charge in [-0.15, -0.1) is 0 Å². The molecule has 0 spiro atoms. The molecule has 0 saturated heterocycles. The zero-order chi connectivity index (χ0) is 14.1. The first-order chi connectivity index (χ1) is 9.17. The van der Waals surface area contributed by atoms with Gasteiger partial charge >= 0.3 is 0 Å². The van der Waals surface area contributed by atoms with Crippen molar-refractivity contribution in [3.8, 4) is 5.75 Å². The number of nitrogens with one attached hydrogen (secondary N) is 1. The molecule has 108 valence electrons. The van der Waals surface area contributed by atoms with Gasteiger partial charge in [0.1, 0.15) is 5.75 Å². The highest BCUT2D eigenvalue weighted by atomic mass is 16.5. The molecule has 1 aromatic carbocycles. The van der Waals surface area contributed by atoms with Crippen LogP contribution in [0.15, 0.2) is 18.2 Å². The lowest BCUT2D eigenvalue weighted by molar-refractivity contribution is 0.411. The van der Waals surface area contributed by atoms with Crippen LogP contribution in [-0.2, 0) is 6.42 Å². The lowest BCUT2D eigenvalue weighted by Crippen LogP contribution is -2.18. The van der Waals surface area contributed by atoms with E-state index in [0.29, 0.717) is 0 Å². The fourth-order valence-corrected chi connectivity index (χ4v) is 2.30. The first kappa shape index (κ1) is 16.0. The van der Waals surface area contributed by atoms with Crippen molar-refractivity contribution in [2.24, 2.45) is 5.92 Å². The van der Waals surface area contributed by atoms with Crippen LogP contribution < -0.4 is 10.1 Å². The van der Waals surface area contributed by atoms with Gasteiger partial charge in [-0.1, -0.05) is 26.0 Å². The number of aryl methyl sites for hydroxylation is 2. The molecule has 0 fully saturated rings. The Balaban J connectivity index is 2.29. The Kier molecular flexibility index (Phi) is 7.57. The third-order valence-corrected chi connectivity index (χ3v) is 3.63. The number of hydrogen-bond acceptors (Lipinski definition) is 2. The van der Waals surface area contributed by atoms with Crippen molar-refractivity contribution in [3.05, 3.63) is 29.3 Å². The van der Waals surface area contributed by atoms with E-state index in [-0.39, 0.29) is 0 Å². The minimum absolute atomic E-state index is 0.784. The maximum atomic E-state index is 5.29. The molecule has 1 aromatic rings. The molecule has 1 atom stereocenters. The van der Waals surface area contributed by atoms with Gasteiger partial charge < -0.3 is 10.1 Å². The maximum absolute atomic E-state index is 5.29. The first-order valence-electron chi connectivity index (χ1n) is 7.51. The normalized spacial score (nSPS) is 12.4. The van der Waals surface area contributed by atoms with Crippen molar-refractivity contribution in [2.45, 2.75) is 46.5 Å². The van der Waals surface area contributed by atoms with Gasteiger partial charge in [0.15, 0.2) is 0 Å². The maximum Gasteiger partial charge on any atom is 0.121 e. The summed E-state index contributed by atoms with van der Waals surface area (Å²) in [4.78, 5) is 0. The summed E-state index contributed by atoms with van der Waals surface area (Å²) in [5.41, 5.74) is 2.66. The number of rotatable bonds is 9. The molecule has 1 unspecified atom stereocenters. The number of hydrogen-bond donors (Lipinski definition) is 1. The molecular weight excluding hydrogens is 234 g/mol. The second kappa shape index (κ2) is 8.98. The van der Waals surface area contributed by atoms with Crippen molar-refractivity contribution >= 4 is 0 Å². The van der Waals surface area contributed by atoms with E-state index in [1.165, 1.54) is 36.8 Å². The van der Waals surface area contributed by atoms with Gasteiger partial charge in [0.05, 0.1) is 7.11 Å². The van der Waals surface area contributed by atoms with Crippen LogP contribution in [0.25, 0.3) is 0 Å². The molecule has 0 bridgehead atoms. The Morgan fingerprint density at radius 1 is 1.21 bits per heavy atom. The molecule has 19 heavy (non-hydrogen) atoms. The Morgan fingerprint density at radius 3 is 2.63 bits per heavy atom. The first-order valence-corrected chi connectivity index (χ1v) is 7.51. The van der Waals surface area contributed by atoms with E-state index >= 15 is 0 Å². The predicted octanol–water partition coefficient (Wildman–Crippen LogP) is 3.96. The number of methoxy groups -OCH3 is 1. The average molecular weight is 263 g/mol. The Bertz CT molecular complexity index is 362. The van der Waals surface area contributed by atoms with Gasteiger partial charge in [0.2, 0.25) is 0 Å². The summed E-state index contributed by atoms with van der Waals surface area (Å²) >= 11 is 0. The van der Waals surface area contributed by atoms with Crippen LogP contribution in [0.1, 0.15) is 44.2 Å². The van der Waals surface area contributed by atoms with E-state index in [0.717, 1.165) is 24.8 Å². The fraction of sp³-hybridized carbons (Fsp3) is 0.647. The van der Waals surface area contributed by atoms with Crippen LogP contribution in [0.3, 0.4) is 0 Å². The van der Waals surface area contributed by atoms with Crippen molar-refractivity contribution in [1.82, 2.24) is 5.32 Å². The zero-order valence-electron chi connectivity index (χ0n) is 13.0. The molecule has 1 rings (SSSR count). The molecule has 0 aromatic heterocycles. The van der Waals surface area contributed by atoms with Gasteiger partial charge in [-0.3, -0.25) is 0 Å². The summed E-state index contributed by atoms with van der Waals surface area (Å²) in [7, 11) is 1.73. The lowest BCUT2D eigenvalue weighted by Gasteiger charge is -2.13. The third kappa shape index (κ3) is 6.11. The number of ether oxygens (including phenoxy) is 1. The quantitative estimate of drug-likeness (QED) is 0.681. The average Bonchev–Trinajstić information content (AvgIpc) is 2.41. The van der Waals surface area contributed by atoms with Crippen LogP contribution in [0.5, 0.6) is 5.75 Å². The Morgan fingerprint density at radius 2 is 2.00 bits per heavy atom. The van der Waals surface area contributed by atoms with Crippen LogP contribution >= 0.6 is 0 Å². The highest BCUT2D eigenvalue weighted by Crippen LogP contribution is 2.20. The second-order valence-electron chi connectivity index (χ2n) is 5.49. The summed E-state index contributed by atoms with van der Waals surface area (Å²) in [6, 6.07) is 6.52. The fourth-order valence-electron chi connectivity index (χ4n) is 2.30. The van der Waals surface area contributed by atoms with Crippen molar-refractivity contribution < 1.29 is 4.74 Å². The monoisotopic (exact) mass is 263 g/mol. The summed E-state index contributed by atoms with van der Waals surface area (Å²) in [5, 5.41) is 3.47.